The summed E-state index contributed by atoms with van der Waals surface area (Å²) in [5.41, 5.74) is 5.70. The molecule has 10 nitrogen and oxygen atoms in total. The van der Waals surface area contributed by atoms with Gasteiger partial charge < -0.3 is 14.1 Å². The van der Waals surface area contributed by atoms with Crippen LogP contribution in [-0.4, -0.2) is 47.7 Å². The number of carbonyl (C=O) groups is 2. The van der Waals surface area contributed by atoms with E-state index >= 15 is 0 Å². The van der Waals surface area contributed by atoms with E-state index in [1.54, 1.807) is 29.6 Å². The molecule has 0 atom stereocenters. The minimum atomic E-state index is -0.641. The summed E-state index contributed by atoms with van der Waals surface area (Å²) in [6.07, 6.45) is 0. The average molecular weight is 403 g/mol. The van der Waals surface area contributed by atoms with Crippen LogP contribution in [-0.2, 0) is 16.1 Å². The molecular weight excluding hydrogens is 386 g/mol. The van der Waals surface area contributed by atoms with Gasteiger partial charge in [-0.15, -0.1) is 11.3 Å². The van der Waals surface area contributed by atoms with Crippen molar-refractivity contribution in [1.82, 2.24) is 20.4 Å². The van der Waals surface area contributed by atoms with Gasteiger partial charge in [0, 0.05) is 18.5 Å². The third kappa shape index (κ3) is 3.75. The summed E-state index contributed by atoms with van der Waals surface area (Å²) in [4.78, 5) is 42.6. The number of anilines is 1. The second-order valence-electron chi connectivity index (χ2n) is 6.04. The van der Waals surface area contributed by atoms with Gasteiger partial charge in [0.2, 0.25) is 0 Å². The quantitative estimate of drug-likeness (QED) is 0.603. The number of ether oxygens (including phenoxy) is 1. The Kier molecular flexibility index (Phi) is 5.08. The Balaban J connectivity index is 1.35. The van der Waals surface area contributed by atoms with Crippen LogP contribution in [0.15, 0.2) is 38.9 Å². The normalized spacial score (nSPS) is 14.2. The van der Waals surface area contributed by atoms with Crippen LogP contribution in [0.5, 0.6) is 0 Å². The van der Waals surface area contributed by atoms with Gasteiger partial charge in [0.25, 0.3) is 11.8 Å². The zero-order valence-electron chi connectivity index (χ0n) is 14.7. The van der Waals surface area contributed by atoms with Crippen LogP contribution in [0.4, 0.5) is 5.13 Å². The van der Waals surface area contributed by atoms with Crippen LogP contribution in [0.3, 0.4) is 0 Å². The van der Waals surface area contributed by atoms with Gasteiger partial charge in [-0.1, -0.05) is 12.1 Å². The summed E-state index contributed by atoms with van der Waals surface area (Å²) < 4.78 is 11.6. The number of oxazole rings is 1. The lowest BCUT2D eigenvalue weighted by atomic mass is 10.3. The lowest BCUT2D eigenvalue weighted by molar-refractivity contribution is -0.122. The van der Waals surface area contributed by atoms with Crippen LogP contribution in [0.1, 0.15) is 10.5 Å². The van der Waals surface area contributed by atoms with Crippen molar-refractivity contribution in [3.63, 3.8) is 0 Å². The number of aromatic nitrogens is 2. The number of hydrogen-bond donors (Lipinski definition) is 2. The van der Waals surface area contributed by atoms with Crippen molar-refractivity contribution in [2.45, 2.75) is 6.54 Å². The Bertz CT molecular complexity index is 1070. The van der Waals surface area contributed by atoms with E-state index in [1.165, 1.54) is 15.9 Å². The van der Waals surface area contributed by atoms with E-state index in [2.05, 4.69) is 15.8 Å². The topological polar surface area (TPSA) is 119 Å². The lowest BCUT2D eigenvalue weighted by Crippen LogP contribution is -2.44. The molecule has 3 aromatic rings. The standard InChI is InChI=1S/C17H17N5O5S/c23-14(9-22-12-3-1-2-4-13(12)27-17(22)25)19-20-15(24)11-10-28-16(18-11)21-5-7-26-8-6-21/h1-4,10H,5-9H2,(H,19,23)(H,20,24). The average Bonchev–Trinajstić information content (AvgIpc) is 3.32. The molecule has 28 heavy (non-hydrogen) atoms. The molecule has 3 heterocycles. The molecule has 4 rings (SSSR count). The highest BCUT2D eigenvalue weighted by Gasteiger charge is 2.18. The summed E-state index contributed by atoms with van der Waals surface area (Å²) in [5.74, 6) is -1.74. The van der Waals surface area contributed by atoms with Gasteiger partial charge in [-0.05, 0) is 12.1 Å². The van der Waals surface area contributed by atoms with E-state index in [0.29, 0.717) is 24.3 Å². The van der Waals surface area contributed by atoms with Gasteiger partial charge in [-0.2, -0.15) is 0 Å². The molecule has 1 aliphatic heterocycles. The highest BCUT2D eigenvalue weighted by molar-refractivity contribution is 7.13. The lowest BCUT2D eigenvalue weighted by Gasteiger charge is -2.25. The van der Waals surface area contributed by atoms with Crippen molar-refractivity contribution >= 4 is 39.4 Å². The zero-order valence-corrected chi connectivity index (χ0v) is 15.5. The van der Waals surface area contributed by atoms with Gasteiger partial charge >= 0.3 is 5.76 Å². The van der Waals surface area contributed by atoms with Crippen molar-refractivity contribution in [3.8, 4) is 0 Å². The number of amides is 2. The molecule has 1 fully saturated rings. The first kappa shape index (κ1) is 18.2. The van der Waals surface area contributed by atoms with Gasteiger partial charge in [0.1, 0.15) is 12.2 Å². The van der Waals surface area contributed by atoms with Crippen molar-refractivity contribution in [2.75, 3.05) is 31.2 Å². The molecule has 146 valence electrons. The van der Waals surface area contributed by atoms with E-state index in [4.69, 9.17) is 9.15 Å². The maximum absolute atomic E-state index is 12.2. The maximum Gasteiger partial charge on any atom is 0.420 e. The van der Waals surface area contributed by atoms with Crippen LogP contribution in [0.25, 0.3) is 11.1 Å². The summed E-state index contributed by atoms with van der Waals surface area (Å²) >= 11 is 1.35. The Labute approximate surface area is 162 Å². The maximum atomic E-state index is 12.2. The smallest absolute Gasteiger partial charge is 0.408 e. The molecule has 0 spiro atoms. The van der Waals surface area contributed by atoms with E-state index < -0.39 is 17.6 Å². The molecule has 0 radical (unpaired) electrons. The molecular formula is C17H17N5O5S. The highest BCUT2D eigenvalue weighted by Crippen LogP contribution is 2.21. The fraction of sp³-hybridized carbons (Fsp3) is 0.294. The second kappa shape index (κ2) is 7.82. The highest BCUT2D eigenvalue weighted by atomic mass is 32.1. The van der Waals surface area contributed by atoms with Crippen LogP contribution in [0, 0.1) is 0 Å². The summed E-state index contributed by atoms with van der Waals surface area (Å²) in [6.45, 7) is 2.40. The zero-order chi connectivity index (χ0) is 19.5. The first-order chi connectivity index (χ1) is 13.6. The molecule has 1 aliphatic rings. The molecule has 0 unspecified atom stereocenters. The van der Waals surface area contributed by atoms with Crippen LogP contribution < -0.4 is 21.5 Å². The van der Waals surface area contributed by atoms with Crippen molar-refractivity contribution in [1.29, 1.82) is 0 Å². The number of nitrogens with zero attached hydrogens (tertiary/aromatic N) is 3. The van der Waals surface area contributed by atoms with E-state index in [9.17, 15) is 14.4 Å². The molecule has 2 aromatic heterocycles. The second-order valence-corrected chi connectivity index (χ2v) is 6.88. The fourth-order valence-corrected chi connectivity index (χ4v) is 3.67. The van der Waals surface area contributed by atoms with Gasteiger partial charge in [0.05, 0.1) is 18.7 Å². The predicted molar refractivity (Wildman–Crippen MR) is 101 cm³/mol. The summed E-state index contributed by atoms with van der Waals surface area (Å²) in [6, 6.07) is 6.78. The number of morpholine rings is 1. The predicted octanol–water partition coefficient (Wildman–Crippen LogP) is 0.349. The van der Waals surface area contributed by atoms with Gasteiger partial charge in [0.15, 0.2) is 10.7 Å². The summed E-state index contributed by atoms with van der Waals surface area (Å²) in [7, 11) is 0. The fourth-order valence-electron chi connectivity index (χ4n) is 2.81. The summed E-state index contributed by atoms with van der Waals surface area (Å²) in [5, 5.41) is 2.36. The van der Waals surface area contributed by atoms with Crippen LogP contribution >= 0.6 is 11.3 Å². The van der Waals surface area contributed by atoms with E-state index in [0.717, 1.165) is 18.2 Å². The molecule has 0 aliphatic carbocycles. The van der Waals surface area contributed by atoms with Gasteiger partial charge in [-0.25, -0.2) is 9.78 Å². The van der Waals surface area contributed by atoms with Crippen molar-refractivity contribution in [3.05, 3.63) is 45.9 Å². The number of benzene rings is 1. The number of nitrogens with one attached hydrogen (secondary N) is 2. The number of carbonyl (C=O) groups excluding carboxylic acids is 2. The number of hydrazine groups is 1. The number of fused-ring (bicyclic) bond motifs is 1. The first-order valence-corrected chi connectivity index (χ1v) is 9.45. The molecule has 2 N–H and O–H groups in total. The first-order valence-electron chi connectivity index (χ1n) is 8.57. The van der Waals surface area contributed by atoms with Crippen molar-refractivity contribution in [2.24, 2.45) is 0 Å². The van der Waals surface area contributed by atoms with E-state index in [1.807, 2.05) is 4.90 Å². The Morgan fingerprint density at radius 3 is 2.79 bits per heavy atom. The van der Waals surface area contributed by atoms with Gasteiger partial charge in [-0.3, -0.25) is 25.0 Å². The van der Waals surface area contributed by atoms with Crippen LogP contribution in [0.2, 0.25) is 0 Å². The molecule has 0 saturated carbocycles. The third-order valence-corrected chi connectivity index (χ3v) is 5.10. The number of hydrogen-bond acceptors (Lipinski definition) is 8. The minimum Gasteiger partial charge on any atom is -0.408 e. The number of thiazole rings is 1. The Morgan fingerprint density at radius 1 is 1.18 bits per heavy atom. The number of para-hydroxylation sites is 2. The monoisotopic (exact) mass is 403 g/mol. The molecule has 11 heteroatoms. The molecule has 1 saturated heterocycles. The Hall–Kier alpha value is -3.18. The van der Waals surface area contributed by atoms with Crippen molar-refractivity contribution < 1.29 is 18.7 Å². The molecule has 2 amide bonds. The number of rotatable bonds is 4. The third-order valence-electron chi connectivity index (χ3n) is 4.20. The van der Waals surface area contributed by atoms with E-state index in [-0.39, 0.29) is 12.2 Å². The largest absolute Gasteiger partial charge is 0.420 e. The molecule has 0 bridgehead atoms. The molecule has 1 aromatic carbocycles. The SMILES string of the molecule is O=C(Cn1c(=O)oc2ccccc21)NNC(=O)c1csc(N2CCOCC2)n1. The Morgan fingerprint density at radius 2 is 1.96 bits per heavy atom. The minimum absolute atomic E-state index is 0.206.